The van der Waals surface area contributed by atoms with Crippen LogP contribution in [-0.2, 0) is 9.47 Å². The molecule has 11 nitrogen and oxygen atoms in total. The van der Waals surface area contributed by atoms with Crippen molar-refractivity contribution in [2.24, 2.45) is 92.7 Å². The molecule has 6 saturated carbocycles. The molecule has 0 aliphatic heterocycles. The summed E-state index contributed by atoms with van der Waals surface area (Å²) in [6.07, 6.45) is 30.7. The number of carbonyl (C=O) groups excluding carboxylic acids is 4. The lowest BCUT2D eigenvalue weighted by Crippen LogP contribution is -2.51. The van der Waals surface area contributed by atoms with Gasteiger partial charge in [0.1, 0.15) is 23.6 Å². The summed E-state index contributed by atoms with van der Waals surface area (Å²) in [4.78, 5) is 57.8. The van der Waals surface area contributed by atoms with Gasteiger partial charge in [0.2, 0.25) is 0 Å². The number of nitrogens with one attached hydrogen (secondary N) is 4. The van der Waals surface area contributed by atoms with E-state index in [0.29, 0.717) is 45.4 Å². The number of rotatable bonds is 18. The molecular weight excluding hydrogens is 1070 g/mol. The van der Waals surface area contributed by atoms with Crippen LogP contribution in [0.4, 0.5) is 32.3 Å². The van der Waals surface area contributed by atoms with E-state index in [1.165, 1.54) is 101 Å². The summed E-state index contributed by atoms with van der Waals surface area (Å²) >= 11 is 0. The molecule has 0 spiro atoms. The minimum Gasteiger partial charge on any atom is -0.446 e. The van der Waals surface area contributed by atoms with Crippen molar-refractivity contribution in [3.63, 3.8) is 0 Å². The van der Waals surface area contributed by atoms with Gasteiger partial charge in [-0.05, 0) is 243 Å². The van der Waals surface area contributed by atoms with Crippen LogP contribution in [0.3, 0.4) is 0 Å². The standard InChI is InChI=1S/C75H105N5O6/c1-46(2)14-11-16-48(5)60-32-34-62-58-30-20-50-44-56(36-40-72(50,7)64(58)38-42-74(60,62)9)85-70(83)78-54-26-22-52(23-27-54)76-68(81)66-18-13-19-67(80-66)69(82)77-53-24-28-55(29-25-53)79-71(84)86-57-37-41-73(8)51(45-57)21-31-59-63-35-33-61(49(6)17-12-15-47(3)4)75(63,10)43-39-65(59)73/h13,18-29,46-49,56-65H,11-12,14-17,30-45H2,1-10H3,(H,76,81)(H,77,82)(H,78,83)(H,79,84)/t48-,49-,56?,57?,58+,59+,60-,61-,62+,63+,64+,65+,72+,73+,74-,75-/m1/s1. The second-order valence-electron chi connectivity index (χ2n) is 30.8. The maximum absolute atomic E-state index is 13.4. The van der Waals surface area contributed by atoms with Crippen molar-refractivity contribution >= 4 is 46.8 Å². The molecule has 2 unspecified atom stereocenters. The molecule has 2 aromatic carbocycles. The van der Waals surface area contributed by atoms with Crippen molar-refractivity contribution in [1.29, 1.82) is 0 Å². The van der Waals surface area contributed by atoms with Crippen molar-refractivity contribution in [3.8, 4) is 0 Å². The molecule has 11 heteroatoms. The highest BCUT2D eigenvalue weighted by molar-refractivity contribution is 6.06. The van der Waals surface area contributed by atoms with Crippen LogP contribution in [0.5, 0.6) is 0 Å². The molecule has 3 aromatic rings. The summed E-state index contributed by atoms with van der Waals surface area (Å²) in [6, 6.07) is 18.5. The zero-order chi connectivity index (χ0) is 60.7. The predicted molar refractivity (Wildman–Crippen MR) is 347 cm³/mol. The molecule has 0 bridgehead atoms. The average molecular weight is 1170 g/mol. The molecule has 16 atom stereocenters. The number of nitrogens with zero attached hydrogens (tertiary/aromatic N) is 1. The third-order valence-corrected chi connectivity index (χ3v) is 25.1. The maximum atomic E-state index is 13.4. The Hall–Kier alpha value is -5.45. The monoisotopic (exact) mass is 1170 g/mol. The third kappa shape index (κ3) is 12.7. The Balaban J connectivity index is 0.606. The average Bonchev–Trinajstić information content (AvgIpc) is 1.87. The highest BCUT2D eigenvalue weighted by Crippen LogP contribution is 2.69. The highest BCUT2D eigenvalue weighted by Gasteiger charge is 2.61. The van der Waals surface area contributed by atoms with Gasteiger partial charge >= 0.3 is 12.2 Å². The zero-order valence-electron chi connectivity index (χ0n) is 54.0. The van der Waals surface area contributed by atoms with E-state index >= 15 is 0 Å². The number of hydrogen-bond donors (Lipinski definition) is 4. The SMILES string of the molecule is CC(C)CCC[C@@H](C)[C@H]1CC[C@H]2[C@@H]3CC=C4CC(OC(=O)Nc5ccc(NC(=O)c6cccc(C(=O)Nc7ccc(NC(=O)OC8CC[C@@]9(C)C(=CC[C@H]%10[C@@H]%11CC[C@H]([C@H](C)CCCC(C)C)[C@@]%11(C)CC[C@@H]%109)C8)cc7)n6)cc5)CC[C@]4(C)[C@H]3CC[C@]12C. The van der Waals surface area contributed by atoms with Gasteiger partial charge in [0.25, 0.3) is 11.8 Å². The summed E-state index contributed by atoms with van der Waals surface area (Å²) in [6.45, 7) is 24.9. The van der Waals surface area contributed by atoms with E-state index in [9.17, 15) is 19.2 Å². The van der Waals surface area contributed by atoms with Gasteiger partial charge in [-0.3, -0.25) is 20.2 Å². The van der Waals surface area contributed by atoms with Gasteiger partial charge in [-0.1, -0.05) is 137 Å². The fourth-order valence-corrected chi connectivity index (χ4v) is 20.5. The molecule has 11 rings (SSSR count). The van der Waals surface area contributed by atoms with Crippen LogP contribution in [0.1, 0.15) is 231 Å². The van der Waals surface area contributed by atoms with Gasteiger partial charge in [0.15, 0.2) is 0 Å². The third-order valence-electron chi connectivity index (χ3n) is 25.1. The number of pyridine rings is 1. The van der Waals surface area contributed by atoms with Gasteiger partial charge in [0, 0.05) is 35.6 Å². The smallest absolute Gasteiger partial charge is 0.411 e. The van der Waals surface area contributed by atoms with Gasteiger partial charge in [-0.15, -0.1) is 0 Å². The Morgan fingerprint density at radius 3 is 1.24 bits per heavy atom. The van der Waals surface area contributed by atoms with E-state index in [1.807, 2.05) is 0 Å². The quantitative estimate of drug-likeness (QED) is 0.0927. The largest absolute Gasteiger partial charge is 0.446 e. The van der Waals surface area contributed by atoms with Crippen LogP contribution >= 0.6 is 0 Å². The lowest BCUT2D eigenvalue weighted by Gasteiger charge is -2.58. The van der Waals surface area contributed by atoms with E-state index in [2.05, 4.69) is 108 Å². The van der Waals surface area contributed by atoms with Crippen LogP contribution in [0, 0.1) is 92.7 Å². The normalized spacial score (nSPS) is 34.1. The molecule has 0 radical (unpaired) electrons. The number of ether oxygens (including phenoxy) is 2. The molecule has 6 fully saturated rings. The summed E-state index contributed by atoms with van der Waals surface area (Å²) in [5, 5.41) is 11.5. The van der Waals surface area contributed by atoms with E-state index in [-0.39, 0.29) is 34.4 Å². The molecule has 4 N–H and O–H groups in total. The molecule has 86 heavy (non-hydrogen) atoms. The molecule has 8 aliphatic rings. The van der Waals surface area contributed by atoms with Gasteiger partial charge in [-0.2, -0.15) is 0 Å². The van der Waals surface area contributed by atoms with Crippen LogP contribution in [0.25, 0.3) is 0 Å². The number of benzene rings is 2. The topological polar surface area (TPSA) is 148 Å². The van der Waals surface area contributed by atoms with E-state index in [0.717, 1.165) is 111 Å². The number of allylic oxidation sites excluding steroid dienone is 2. The minimum absolute atomic E-state index is 0.0727. The van der Waals surface area contributed by atoms with Crippen LogP contribution in [0.15, 0.2) is 90.0 Å². The first-order valence-corrected chi connectivity index (χ1v) is 34.3. The first-order valence-electron chi connectivity index (χ1n) is 34.3. The fraction of sp³-hybridized carbons (Fsp3) is 0.667. The van der Waals surface area contributed by atoms with Crippen LogP contribution < -0.4 is 21.3 Å². The Kier molecular flexibility index (Phi) is 18.5. The maximum Gasteiger partial charge on any atom is 0.411 e. The van der Waals surface area contributed by atoms with E-state index < -0.39 is 24.0 Å². The predicted octanol–water partition coefficient (Wildman–Crippen LogP) is 19.5. The minimum atomic E-state index is -0.482. The van der Waals surface area contributed by atoms with E-state index in [1.54, 1.807) is 66.7 Å². The summed E-state index contributed by atoms with van der Waals surface area (Å²) in [5.41, 5.74) is 6.56. The van der Waals surface area contributed by atoms with Crippen molar-refractivity contribution in [2.45, 2.75) is 223 Å². The highest BCUT2D eigenvalue weighted by atomic mass is 16.6. The number of amides is 4. The molecule has 8 aliphatic carbocycles. The molecule has 1 aromatic heterocycles. The second-order valence-corrected chi connectivity index (χ2v) is 30.8. The molecule has 4 amide bonds. The van der Waals surface area contributed by atoms with Gasteiger partial charge in [-0.25, -0.2) is 14.6 Å². The second kappa shape index (κ2) is 25.6. The van der Waals surface area contributed by atoms with Gasteiger partial charge in [0.05, 0.1) is 0 Å². The van der Waals surface area contributed by atoms with Crippen molar-refractivity contribution < 1.29 is 28.7 Å². The Morgan fingerprint density at radius 1 is 0.477 bits per heavy atom. The molecule has 466 valence electrons. The number of aromatic nitrogens is 1. The number of hydrogen-bond acceptors (Lipinski definition) is 7. The number of fused-ring (bicyclic) bond motifs is 10. The van der Waals surface area contributed by atoms with E-state index in [4.69, 9.17) is 9.47 Å². The number of anilines is 4. The zero-order valence-corrected chi connectivity index (χ0v) is 54.0. The summed E-state index contributed by atoms with van der Waals surface area (Å²) in [7, 11) is 0. The molecular formula is C75H105N5O6. The summed E-state index contributed by atoms with van der Waals surface area (Å²) in [5.74, 6) is 8.51. The van der Waals surface area contributed by atoms with Crippen LogP contribution in [-0.4, -0.2) is 41.2 Å². The summed E-state index contributed by atoms with van der Waals surface area (Å²) < 4.78 is 12.2. The number of carbonyl (C=O) groups is 4. The fourth-order valence-electron chi connectivity index (χ4n) is 20.5. The Morgan fingerprint density at radius 2 is 0.860 bits per heavy atom. The van der Waals surface area contributed by atoms with Crippen molar-refractivity contribution in [1.82, 2.24) is 4.98 Å². The van der Waals surface area contributed by atoms with Crippen molar-refractivity contribution in [2.75, 3.05) is 21.3 Å². The van der Waals surface area contributed by atoms with Gasteiger partial charge < -0.3 is 20.1 Å². The van der Waals surface area contributed by atoms with Crippen LogP contribution in [0.2, 0.25) is 0 Å². The first-order chi connectivity index (χ1) is 41.1. The Bertz CT molecular complexity index is 2790. The lowest BCUT2D eigenvalue weighted by molar-refractivity contribution is -0.0577. The first kappa shape index (κ1) is 62.2. The molecule has 1 heterocycles. The Labute approximate surface area is 516 Å². The lowest BCUT2D eigenvalue weighted by atomic mass is 9.47. The molecule has 0 saturated heterocycles. The van der Waals surface area contributed by atoms with Crippen molar-refractivity contribution in [3.05, 3.63) is 101 Å².